The third-order valence-electron chi connectivity index (χ3n) is 2.68. The molecule has 0 bridgehead atoms. The number of aromatic nitrogens is 2. The molecule has 0 amide bonds. The van der Waals surface area contributed by atoms with Crippen molar-refractivity contribution in [2.24, 2.45) is 0 Å². The molecule has 1 aliphatic heterocycles. The zero-order valence-electron chi connectivity index (χ0n) is 9.10. The van der Waals surface area contributed by atoms with Crippen molar-refractivity contribution in [3.63, 3.8) is 0 Å². The van der Waals surface area contributed by atoms with Crippen LogP contribution in [0.5, 0.6) is 0 Å². The van der Waals surface area contributed by atoms with Gasteiger partial charge in [0.25, 0.3) is 0 Å². The van der Waals surface area contributed by atoms with Gasteiger partial charge in [0, 0.05) is 12.5 Å². The highest BCUT2D eigenvalue weighted by Gasteiger charge is 2.24. The molecule has 15 heavy (non-hydrogen) atoms. The number of hydrogen-bond acceptors (Lipinski definition) is 5. The molecule has 2 heterocycles. The van der Waals surface area contributed by atoms with Crippen molar-refractivity contribution in [1.82, 2.24) is 10.1 Å². The van der Waals surface area contributed by atoms with Crippen molar-refractivity contribution in [2.45, 2.75) is 30.9 Å². The summed E-state index contributed by atoms with van der Waals surface area (Å²) >= 11 is 1.75. The van der Waals surface area contributed by atoms with Gasteiger partial charge in [0.1, 0.15) is 0 Å². The van der Waals surface area contributed by atoms with Gasteiger partial charge in [-0.05, 0) is 19.1 Å². The summed E-state index contributed by atoms with van der Waals surface area (Å²) in [5.74, 6) is 1.91. The topological polar surface area (TPSA) is 48.2 Å². The van der Waals surface area contributed by atoms with Crippen LogP contribution in [-0.2, 0) is 4.74 Å². The molecule has 1 aromatic rings. The average Bonchev–Trinajstić information content (AvgIpc) is 2.89. The van der Waals surface area contributed by atoms with Crippen molar-refractivity contribution >= 4 is 11.8 Å². The number of ether oxygens (including phenoxy) is 1. The molecule has 4 nitrogen and oxygen atoms in total. The molecule has 2 atom stereocenters. The summed E-state index contributed by atoms with van der Waals surface area (Å²) in [5.41, 5.74) is 0. The molecule has 0 unspecified atom stereocenters. The lowest BCUT2D eigenvalue weighted by Crippen LogP contribution is -2.00. The molecule has 1 fully saturated rings. The molecule has 0 N–H and O–H groups in total. The first kappa shape index (κ1) is 11.0. The molecule has 2 rings (SSSR count). The first-order valence-corrected chi connectivity index (χ1v) is 6.58. The summed E-state index contributed by atoms with van der Waals surface area (Å²) in [6.45, 7) is 3.67. The maximum Gasteiger partial charge on any atom is 0.239 e. The second-order valence-electron chi connectivity index (χ2n) is 3.68. The van der Waals surface area contributed by atoms with Crippen molar-refractivity contribution in [3.05, 3.63) is 11.7 Å². The number of nitrogens with zero attached hydrogens (tertiary/aromatic N) is 2. The number of rotatable bonds is 4. The Morgan fingerprint density at radius 1 is 1.60 bits per heavy atom. The van der Waals surface area contributed by atoms with Crippen LogP contribution in [0.3, 0.4) is 0 Å². The van der Waals surface area contributed by atoms with Gasteiger partial charge < -0.3 is 9.26 Å². The van der Waals surface area contributed by atoms with E-state index in [9.17, 15) is 0 Å². The third kappa shape index (κ3) is 2.34. The second kappa shape index (κ2) is 4.99. The summed E-state index contributed by atoms with van der Waals surface area (Å²) in [5, 5.41) is 4.36. The van der Waals surface area contributed by atoms with Gasteiger partial charge in [-0.25, -0.2) is 0 Å². The van der Waals surface area contributed by atoms with E-state index in [0.29, 0.717) is 11.2 Å². The molecule has 1 saturated heterocycles. The molecule has 1 aromatic heterocycles. The maximum atomic E-state index is 5.31. The minimum atomic E-state index is 0.327. The van der Waals surface area contributed by atoms with Crippen molar-refractivity contribution < 1.29 is 9.26 Å². The highest BCUT2D eigenvalue weighted by atomic mass is 32.2. The lowest BCUT2D eigenvalue weighted by Gasteiger charge is -2.04. The first-order valence-electron chi connectivity index (χ1n) is 5.29. The third-order valence-corrected chi connectivity index (χ3v) is 3.79. The number of thioether (sulfide) groups is 1. The van der Waals surface area contributed by atoms with E-state index >= 15 is 0 Å². The van der Waals surface area contributed by atoms with Gasteiger partial charge in [0.2, 0.25) is 5.89 Å². The Labute approximate surface area is 93.8 Å². The molecule has 0 aliphatic carbocycles. The van der Waals surface area contributed by atoms with E-state index in [2.05, 4.69) is 23.3 Å². The molecule has 0 radical (unpaired) electrons. The normalized spacial score (nSPS) is 23.2. The summed E-state index contributed by atoms with van der Waals surface area (Å²) in [4.78, 5) is 4.46. The van der Waals surface area contributed by atoms with Crippen LogP contribution in [0, 0.1) is 0 Å². The highest BCUT2D eigenvalue weighted by Crippen LogP contribution is 2.30. The highest BCUT2D eigenvalue weighted by molar-refractivity contribution is 7.98. The van der Waals surface area contributed by atoms with Gasteiger partial charge in [0.05, 0.1) is 11.9 Å². The second-order valence-corrected chi connectivity index (χ2v) is 4.72. The Kier molecular flexibility index (Phi) is 3.64. The van der Waals surface area contributed by atoms with Crippen molar-refractivity contribution in [1.29, 1.82) is 0 Å². The monoisotopic (exact) mass is 228 g/mol. The average molecular weight is 228 g/mol. The van der Waals surface area contributed by atoms with Crippen LogP contribution < -0.4 is 0 Å². The molecular formula is C10H16N2O2S. The predicted molar refractivity (Wildman–Crippen MR) is 59.0 cm³/mol. The lowest BCUT2D eigenvalue weighted by molar-refractivity contribution is 0.192. The van der Waals surface area contributed by atoms with E-state index in [0.717, 1.165) is 37.8 Å². The largest absolute Gasteiger partial charge is 0.381 e. The minimum Gasteiger partial charge on any atom is -0.381 e. The van der Waals surface area contributed by atoms with Crippen LogP contribution in [0.15, 0.2) is 4.52 Å². The van der Waals surface area contributed by atoms with E-state index in [4.69, 9.17) is 9.26 Å². The quantitative estimate of drug-likeness (QED) is 0.792. The van der Waals surface area contributed by atoms with Crippen LogP contribution in [0.1, 0.15) is 42.6 Å². The Morgan fingerprint density at radius 2 is 2.47 bits per heavy atom. The van der Waals surface area contributed by atoms with E-state index in [1.54, 1.807) is 11.8 Å². The molecule has 5 heteroatoms. The molecule has 0 spiro atoms. The zero-order valence-corrected chi connectivity index (χ0v) is 9.92. The lowest BCUT2D eigenvalue weighted by atomic mass is 10.1. The fourth-order valence-electron chi connectivity index (χ4n) is 1.72. The Hall–Kier alpha value is -0.550. The van der Waals surface area contributed by atoms with E-state index in [1.165, 1.54) is 0 Å². The zero-order chi connectivity index (χ0) is 10.7. The first-order chi connectivity index (χ1) is 7.35. The fraction of sp³-hybridized carbons (Fsp3) is 0.800. The summed E-state index contributed by atoms with van der Waals surface area (Å²) in [6.07, 6.45) is 4.09. The molecular weight excluding hydrogens is 212 g/mol. The summed E-state index contributed by atoms with van der Waals surface area (Å²) < 4.78 is 10.6. The molecule has 1 aliphatic rings. The summed E-state index contributed by atoms with van der Waals surface area (Å²) in [6, 6.07) is 0. The van der Waals surface area contributed by atoms with Crippen LogP contribution >= 0.6 is 11.8 Å². The van der Waals surface area contributed by atoms with Crippen LogP contribution in [-0.4, -0.2) is 29.6 Å². The maximum absolute atomic E-state index is 5.31. The Bertz CT molecular complexity index is 290. The van der Waals surface area contributed by atoms with Crippen LogP contribution in [0.25, 0.3) is 0 Å². The Balaban J connectivity index is 2.08. The van der Waals surface area contributed by atoms with Crippen molar-refractivity contribution in [3.8, 4) is 0 Å². The summed E-state index contributed by atoms with van der Waals surface area (Å²) in [7, 11) is 0. The van der Waals surface area contributed by atoms with Gasteiger partial charge in [-0.15, -0.1) is 0 Å². The molecule has 0 aromatic carbocycles. The van der Waals surface area contributed by atoms with E-state index in [-0.39, 0.29) is 0 Å². The van der Waals surface area contributed by atoms with Gasteiger partial charge in [-0.3, -0.25) is 0 Å². The molecule has 84 valence electrons. The molecule has 0 saturated carbocycles. The fourth-order valence-corrected chi connectivity index (χ4v) is 2.35. The Morgan fingerprint density at radius 3 is 3.07 bits per heavy atom. The van der Waals surface area contributed by atoms with Crippen molar-refractivity contribution in [2.75, 3.05) is 19.5 Å². The SMILES string of the molecule is CC[C@@H](SC)c1nc([C@@H]2CCOC2)no1. The van der Waals surface area contributed by atoms with Gasteiger partial charge in [0.15, 0.2) is 5.82 Å². The number of hydrogen-bond donors (Lipinski definition) is 0. The van der Waals surface area contributed by atoms with Crippen LogP contribution in [0.4, 0.5) is 0 Å². The van der Waals surface area contributed by atoms with Gasteiger partial charge in [-0.1, -0.05) is 12.1 Å². The van der Waals surface area contributed by atoms with Gasteiger partial charge >= 0.3 is 0 Å². The standard InChI is InChI=1S/C10H16N2O2S/c1-3-8(15-2)10-11-9(12-14-10)7-4-5-13-6-7/h7-8H,3-6H2,1-2H3/t7-,8-/m1/s1. The van der Waals surface area contributed by atoms with E-state index in [1.807, 2.05) is 0 Å². The predicted octanol–water partition coefficient (Wildman–Crippen LogP) is 2.39. The van der Waals surface area contributed by atoms with E-state index < -0.39 is 0 Å². The smallest absolute Gasteiger partial charge is 0.239 e. The van der Waals surface area contributed by atoms with Gasteiger partial charge in [-0.2, -0.15) is 16.7 Å². The minimum absolute atomic E-state index is 0.327. The van der Waals surface area contributed by atoms with Crippen LogP contribution in [0.2, 0.25) is 0 Å².